The van der Waals surface area contributed by atoms with Gasteiger partial charge in [-0.3, -0.25) is 4.79 Å². The lowest BCUT2D eigenvalue weighted by molar-refractivity contribution is -0.138. The molecule has 0 aromatic heterocycles. The first-order valence-electron chi connectivity index (χ1n) is 7.50. The fraction of sp³-hybridized carbons (Fsp3) is 0.412. The summed E-state index contributed by atoms with van der Waals surface area (Å²) in [6.45, 7) is 3.69. The van der Waals surface area contributed by atoms with E-state index in [1.807, 2.05) is 0 Å². The van der Waals surface area contributed by atoms with E-state index in [0.717, 1.165) is 11.1 Å². The summed E-state index contributed by atoms with van der Waals surface area (Å²) in [6, 6.07) is -0.978. The van der Waals surface area contributed by atoms with E-state index >= 15 is 0 Å². The van der Waals surface area contributed by atoms with Crippen molar-refractivity contribution < 1.29 is 29.3 Å². The summed E-state index contributed by atoms with van der Waals surface area (Å²) in [4.78, 5) is 22.6. The molecule has 1 unspecified atom stereocenters. The SMILES string of the molecule is COc1c(C)c2c(c(O)c1CC=C(C)CC(N)C(=O)O)C(=O)OC2. The number of carboxylic acid groups (broad SMARTS) is 1. The molecule has 4 N–H and O–H groups in total. The lowest BCUT2D eigenvalue weighted by atomic mass is 9.94. The number of aromatic hydroxyl groups is 1. The first kappa shape index (κ1) is 17.8. The third-order valence-electron chi connectivity index (χ3n) is 4.16. The highest BCUT2D eigenvalue weighted by Crippen LogP contribution is 2.41. The highest BCUT2D eigenvalue weighted by Gasteiger charge is 2.31. The van der Waals surface area contributed by atoms with Crippen LogP contribution in [-0.4, -0.2) is 35.3 Å². The summed E-state index contributed by atoms with van der Waals surface area (Å²) in [5, 5.41) is 19.3. The Morgan fingerprint density at radius 3 is 2.75 bits per heavy atom. The number of fused-ring (bicyclic) bond motifs is 1. The van der Waals surface area contributed by atoms with Gasteiger partial charge in [0.2, 0.25) is 0 Å². The Morgan fingerprint density at radius 2 is 2.17 bits per heavy atom. The van der Waals surface area contributed by atoms with Gasteiger partial charge in [0.25, 0.3) is 0 Å². The van der Waals surface area contributed by atoms with Gasteiger partial charge in [0.1, 0.15) is 29.7 Å². The van der Waals surface area contributed by atoms with Crippen LogP contribution in [0.15, 0.2) is 11.6 Å². The van der Waals surface area contributed by atoms with E-state index in [1.165, 1.54) is 7.11 Å². The smallest absolute Gasteiger partial charge is 0.342 e. The van der Waals surface area contributed by atoms with Crippen molar-refractivity contribution in [2.75, 3.05) is 7.11 Å². The predicted octanol–water partition coefficient (Wildman–Crippen LogP) is 1.67. The van der Waals surface area contributed by atoms with Gasteiger partial charge >= 0.3 is 11.9 Å². The average molecular weight is 335 g/mol. The van der Waals surface area contributed by atoms with Crippen LogP contribution in [0.5, 0.6) is 11.5 Å². The monoisotopic (exact) mass is 335 g/mol. The number of rotatable bonds is 6. The van der Waals surface area contributed by atoms with Gasteiger partial charge in [-0.1, -0.05) is 11.6 Å². The number of phenols is 1. The van der Waals surface area contributed by atoms with E-state index in [9.17, 15) is 14.7 Å². The van der Waals surface area contributed by atoms with Crippen molar-refractivity contribution in [2.24, 2.45) is 5.73 Å². The number of phenolic OH excluding ortho intramolecular Hbond substituents is 1. The maximum absolute atomic E-state index is 11.8. The number of cyclic esters (lactones) is 1. The summed E-state index contributed by atoms with van der Waals surface area (Å²) in [5.74, 6) is -1.28. The third kappa shape index (κ3) is 3.21. The molecule has 1 heterocycles. The quantitative estimate of drug-likeness (QED) is 0.534. The minimum Gasteiger partial charge on any atom is -0.507 e. The summed E-state index contributed by atoms with van der Waals surface area (Å²) < 4.78 is 10.4. The maximum Gasteiger partial charge on any atom is 0.342 e. The molecule has 0 radical (unpaired) electrons. The normalized spacial score (nSPS) is 15.0. The Morgan fingerprint density at radius 1 is 1.50 bits per heavy atom. The number of methoxy groups -OCH3 is 1. The Kier molecular flexibility index (Phi) is 5.14. The van der Waals surface area contributed by atoms with Gasteiger partial charge in [0, 0.05) is 11.1 Å². The van der Waals surface area contributed by atoms with Crippen LogP contribution in [0, 0.1) is 6.92 Å². The number of benzene rings is 1. The number of hydrogen-bond donors (Lipinski definition) is 3. The molecule has 0 aliphatic carbocycles. The first-order chi connectivity index (χ1) is 11.3. The number of carbonyl (C=O) groups excluding carboxylic acids is 1. The molecule has 24 heavy (non-hydrogen) atoms. The van der Waals surface area contributed by atoms with Gasteiger partial charge in [0.15, 0.2) is 0 Å². The molecule has 1 aliphatic rings. The molecule has 0 saturated carbocycles. The molecule has 7 heteroatoms. The topological polar surface area (TPSA) is 119 Å². The van der Waals surface area contributed by atoms with Crippen molar-refractivity contribution in [1.82, 2.24) is 0 Å². The van der Waals surface area contributed by atoms with Crippen LogP contribution in [0.3, 0.4) is 0 Å². The van der Waals surface area contributed by atoms with Crippen molar-refractivity contribution in [2.45, 2.75) is 39.3 Å². The molecule has 1 aliphatic heterocycles. The van der Waals surface area contributed by atoms with Crippen molar-refractivity contribution in [3.63, 3.8) is 0 Å². The highest BCUT2D eigenvalue weighted by atomic mass is 16.5. The van der Waals surface area contributed by atoms with E-state index in [2.05, 4.69) is 0 Å². The van der Waals surface area contributed by atoms with E-state index in [4.69, 9.17) is 20.3 Å². The van der Waals surface area contributed by atoms with Gasteiger partial charge < -0.3 is 25.4 Å². The third-order valence-corrected chi connectivity index (χ3v) is 4.16. The number of allylic oxidation sites excluding steroid dienone is 1. The van der Waals surface area contributed by atoms with Crippen molar-refractivity contribution in [3.8, 4) is 11.5 Å². The number of ether oxygens (including phenoxy) is 2. The van der Waals surface area contributed by atoms with Crippen molar-refractivity contribution >= 4 is 11.9 Å². The predicted molar refractivity (Wildman–Crippen MR) is 86.2 cm³/mol. The minimum atomic E-state index is -1.07. The van der Waals surface area contributed by atoms with Crippen LogP contribution >= 0.6 is 0 Å². The zero-order chi connectivity index (χ0) is 18.0. The molecule has 2 rings (SSSR count). The lowest BCUT2D eigenvalue weighted by Gasteiger charge is -2.16. The summed E-state index contributed by atoms with van der Waals surface area (Å²) in [6.07, 6.45) is 2.26. The van der Waals surface area contributed by atoms with E-state index < -0.39 is 18.0 Å². The molecule has 0 fully saturated rings. The van der Waals surface area contributed by atoms with Crippen LogP contribution in [-0.2, 0) is 22.6 Å². The molecule has 1 aromatic rings. The highest BCUT2D eigenvalue weighted by molar-refractivity contribution is 5.98. The summed E-state index contributed by atoms with van der Waals surface area (Å²) >= 11 is 0. The molecule has 0 bridgehead atoms. The minimum absolute atomic E-state index is 0.118. The maximum atomic E-state index is 11.8. The standard InChI is InChI=1S/C17H21NO6/c1-8(6-12(18)16(20)21)4-5-10-14(19)13-11(7-24-17(13)22)9(2)15(10)23-3/h4,12,19H,5-7,18H2,1-3H3,(H,20,21). The molecule has 1 atom stereocenters. The number of hydrogen-bond acceptors (Lipinski definition) is 6. The Bertz CT molecular complexity index is 723. The molecule has 1 aromatic carbocycles. The Labute approximate surface area is 139 Å². The molecule has 0 spiro atoms. The fourth-order valence-corrected chi connectivity index (χ4v) is 2.82. The number of esters is 1. The second kappa shape index (κ2) is 6.92. The lowest BCUT2D eigenvalue weighted by Crippen LogP contribution is -2.30. The molecular weight excluding hydrogens is 314 g/mol. The van der Waals surface area contributed by atoms with Gasteiger partial charge in [0.05, 0.1) is 7.11 Å². The van der Waals surface area contributed by atoms with Gasteiger partial charge in [-0.15, -0.1) is 0 Å². The van der Waals surface area contributed by atoms with Gasteiger partial charge in [-0.25, -0.2) is 4.79 Å². The van der Waals surface area contributed by atoms with E-state index in [-0.39, 0.29) is 30.8 Å². The Hall–Kier alpha value is -2.54. The first-order valence-corrected chi connectivity index (χ1v) is 7.50. The van der Waals surface area contributed by atoms with Crippen LogP contribution in [0.1, 0.15) is 40.4 Å². The fourth-order valence-electron chi connectivity index (χ4n) is 2.82. The molecular formula is C17H21NO6. The second-order valence-electron chi connectivity index (χ2n) is 5.82. The van der Waals surface area contributed by atoms with Crippen LogP contribution < -0.4 is 10.5 Å². The van der Waals surface area contributed by atoms with Crippen LogP contribution in [0.4, 0.5) is 0 Å². The van der Waals surface area contributed by atoms with Gasteiger partial charge in [-0.05, 0) is 32.3 Å². The van der Waals surface area contributed by atoms with E-state index in [0.29, 0.717) is 16.9 Å². The average Bonchev–Trinajstić information content (AvgIpc) is 2.91. The number of carbonyl (C=O) groups is 2. The number of carboxylic acids is 1. The summed E-state index contributed by atoms with van der Waals surface area (Å²) in [5.41, 5.74) is 8.31. The Balaban J connectivity index is 2.37. The number of aliphatic carboxylic acids is 1. The van der Waals surface area contributed by atoms with Crippen molar-refractivity contribution in [3.05, 3.63) is 33.9 Å². The summed E-state index contributed by atoms with van der Waals surface area (Å²) in [7, 11) is 1.49. The van der Waals surface area contributed by atoms with Gasteiger partial charge in [-0.2, -0.15) is 0 Å². The zero-order valence-corrected chi connectivity index (χ0v) is 13.9. The molecule has 0 amide bonds. The molecule has 0 saturated heterocycles. The number of nitrogens with two attached hydrogens (primary N) is 1. The zero-order valence-electron chi connectivity index (χ0n) is 13.9. The second-order valence-corrected chi connectivity index (χ2v) is 5.82. The largest absolute Gasteiger partial charge is 0.507 e. The van der Waals surface area contributed by atoms with Crippen LogP contribution in [0.2, 0.25) is 0 Å². The van der Waals surface area contributed by atoms with E-state index in [1.54, 1.807) is 19.9 Å². The molecule has 7 nitrogen and oxygen atoms in total. The molecule has 130 valence electrons. The van der Waals surface area contributed by atoms with Crippen molar-refractivity contribution in [1.29, 1.82) is 0 Å². The van der Waals surface area contributed by atoms with Crippen LogP contribution in [0.25, 0.3) is 0 Å².